The van der Waals surface area contributed by atoms with Gasteiger partial charge in [-0.15, -0.1) is 0 Å². The van der Waals surface area contributed by atoms with Gasteiger partial charge in [-0.1, -0.05) is 36.4 Å². The largest absolute Gasteiger partial charge is 0.371 e. The molecule has 5 heteroatoms. The molecule has 0 bridgehead atoms. The fourth-order valence-corrected chi connectivity index (χ4v) is 3.91. The fraction of sp³-hybridized carbons (Fsp3) is 0.273. The van der Waals surface area contributed by atoms with Gasteiger partial charge in [0.2, 0.25) is 5.56 Å². The molecule has 1 amide bonds. The van der Waals surface area contributed by atoms with Gasteiger partial charge in [0, 0.05) is 49.3 Å². The number of H-pyrrole nitrogens is 1. The molecule has 0 spiro atoms. The lowest BCUT2D eigenvalue weighted by atomic mass is 10.1. The molecule has 1 N–H and O–H groups in total. The maximum absolute atomic E-state index is 13.0. The average Bonchev–Trinajstić information content (AvgIpc) is 3.16. The first-order valence-corrected chi connectivity index (χ1v) is 9.29. The molecule has 1 saturated heterocycles. The molecule has 1 aliphatic heterocycles. The Kier molecular flexibility index (Phi) is 4.67. The van der Waals surface area contributed by atoms with E-state index >= 15 is 0 Å². The molecule has 0 saturated carbocycles. The molecule has 1 atom stereocenters. The zero-order valence-corrected chi connectivity index (χ0v) is 15.4. The van der Waals surface area contributed by atoms with Gasteiger partial charge in [0.1, 0.15) is 0 Å². The third kappa shape index (κ3) is 3.58. The molecule has 1 aliphatic rings. The molecule has 138 valence electrons. The summed E-state index contributed by atoms with van der Waals surface area (Å²) in [7, 11) is 1.82. The van der Waals surface area contributed by atoms with E-state index in [0.717, 1.165) is 24.9 Å². The van der Waals surface area contributed by atoms with Crippen molar-refractivity contribution in [3.63, 3.8) is 0 Å². The predicted molar refractivity (Wildman–Crippen MR) is 108 cm³/mol. The van der Waals surface area contributed by atoms with Crippen LogP contribution in [0.4, 0.5) is 5.69 Å². The zero-order chi connectivity index (χ0) is 18.8. The van der Waals surface area contributed by atoms with Crippen LogP contribution in [0.2, 0.25) is 0 Å². The summed E-state index contributed by atoms with van der Waals surface area (Å²) in [6.07, 6.45) is 1.06. The SMILES string of the molecule is CN(CC1CCN(c2ccccc2)C1)C(=O)c1cc(=O)[nH]c2ccccc12. The minimum Gasteiger partial charge on any atom is -0.371 e. The zero-order valence-electron chi connectivity index (χ0n) is 15.4. The highest BCUT2D eigenvalue weighted by Crippen LogP contribution is 2.24. The molecule has 0 radical (unpaired) electrons. The number of nitrogens with zero attached hydrogens (tertiary/aromatic N) is 2. The van der Waals surface area contributed by atoms with Gasteiger partial charge in [-0.3, -0.25) is 9.59 Å². The Labute approximate surface area is 158 Å². The van der Waals surface area contributed by atoms with Crippen molar-refractivity contribution in [3.8, 4) is 0 Å². The van der Waals surface area contributed by atoms with Crippen molar-refractivity contribution in [2.75, 3.05) is 31.6 Å². The molecular formula is C22H23N3O2. The first-order valence-electron chi connectivity index (χ1n) is 9.29. The van der Waals surface area contributed by atoms with Crippen molar-refractivity contribution in [1.82, 2.24) is 9.88 Å². The number of pyridine rings is 1. The highest BCUT2D eigenvalue weighted by atomic mass is 16.2. The van der Waals surface area contributed by atoms with Crippen molar-refractivity contribution in [3.05, 3.63) is 76.6 Å². The Morgan fingerprint density at radius 3 is 2.70 bits per heavy atom. The summed E-state index contributed by atoms with van der Waals surface area (Å²) in [5.41, 5.74) is 2.14. The first-order chi connectivity index (χ1) is 13.1. The third-order valence-corrected chi connectivity index (χ3v) is 5.27. The van der Waals surface area contributed by atoms with Crippen LogP contribution in [-0.4, -0.2) is 42.5 Å². The van der Waals surface area contributed by atoms with E-state index in [2.05, 4.69) is 34.1 Å². The second kappa shape index (κ2) is 7.27. The van der Waals surface area contributed by atoms with Crippen LogP contribution in [0.25, 0.3) is 10.9 Å². The van der Waals surface area contributed by atoms with E-state index in [9.17, 15) is 9.59 Å². The molecule has 1 fully saturated rings. The Bertz CT molecular complexity index is 1010. The van der Waals surface area contributed by atoms with Crippen LogP contribution in [0, 0.1) is 5.92 Å². The van der Waals surface area contributed by atoms with Crippen LogP contribution in [0.5, 0.6) is 0 Å². The summed E-state index contributed by atoms with van der Waals surface area (Å²) in [5.74, 6) is 0.322. The van der Waals surface area contributed by atoms with E-state index in [1.54, 1.807) is 4.90 Å². The van der Waals surface area contributed by atoms with Gasteiger partial charge < -0.3 is 14.8 Å². The second-order valence-electron chi connectivity index (χ2n) is 7.21. The number of benzene rings is 2. The summed E-state index contributed by atoms with van der Waals surface area (Å²) in [6.45, 7) is 2.63. The van der Waals surface area contributed by atoms with Gasteiger partial charge in [0.25, 0.3) is 5.91 Å². The number of para-hydroxylation sites is 2. The van der Waals surface area contributed by atoms with Crippen molar-refractivity contribution in [2.45, 2.75) is 6.42 Å². The smallest absolute Gasteiger partial charge is 0.254 e. The molecular weight excluding hydrogens is 338 g/mol. The topological polar surface area (TPSA) is 56.4 Å². The summed E-state index contributed by atoms with van der Waals surface area (Å²) in [6, 6.07) is 19.2. The molecule has 1 aromatic heterocycles. The Morgan fingerprint density at radius 2 is 1.89 bits per heavy atom. The monoisotopic (exact) mass is 361 g/mol. The van der Waals surface area contributed by atoms with Crippen molar-refractivity contribution >= 4 is 22.5 Å². The number of nitrogens with one attached hydrogen (secondary N) is 1. The third-order valence-electron chi connectivity index (χ3n) is 5.27. The van der Waals surface area contributed by atoms with E-state index < -0.39 is 0 Å². The number of anilines is 1. The molecule has 27 heavy (non-hydrogen) atoms. The van der Waals surface area contributed by atoms with Gasteiger partial charge >= 0.3 is 0 Å². The van der Waals surface area contributed by atoms with E-state index in [4.69, 9.17) is 0 Å². The van der Waals surface area contributed by atoms with Crippen LogP contribution < -0.4 is 10.5 Å². The number of amides is 1. The van der Waals surface area contributed by atoms with Crippen LogP contribution in [0.3, 0.4) is 0 Å². The lowest BCUT2D eigenvalue weighted by molar-refractivity contribution is 0.0778. The minimum atomic E-state index is -0.249. The van der Waals surface area contributed by atoms with Crippen LogP contribution >= 0.6 is 0 Å². The van der Waals surface area contributed by atoms with Gasteiger partial charge in [0.05, 0.1) is 5.56 Å². The lowest BCUT2D eigenvalue weighted by Gasteiger charge is -2.23. The Morgan fingerprint density at radius 1 is 1.15 bits per heavy atom. The Balaban J connectivity index is 1.49. The standard InChI is InChI=1S/C22H23N3O2/c1-24(14-16-11-12-25(15-16)17-7-3-2-4-8-17)22(27)19-13-21(26)23-20-10-6-5-9-18(19)20/h2-10,13,16H,11-12,14-15H2,1H3,(H,23,26). The number of aromatic amines is 1. The van der Waals surface area contributed by atoms with E-state index in [-0.39, 0.29) is 11.5 Å². The summed E-state index contributed by atoms with van der Waals surface area (Å²) in [5, 5.41) is 0.784. The molecule has 0 aliphatic carbocycles. The maximum atomic E-state index is 13.0. The fourth-order valence-electron chi connectivity index (χ4n) is 3.91. The summed E-state index contributed by atoms with van der Waals surface area (Å²) in [4.78, 5) is 31.9. The highest BCUT2D eigenvalue weighted by Gasteiger charge is 2.26. The predicted octanol–water partition coefficient (Wildman–Crippen LogP) is 3.13. The number of fused-ring (bicyclic) bond motifs is 1. The van der Waals surface area contributed by atoms with Crippen LogP contribution in [0.15, 0.2) is 65.5 Å². The number of rotatable bonds is 4. The quantitative estimate of drug-likeness (QED) is 0.777. The molecule has 5 nitrogen and oxygen atoms in total. The van der Waals surface area contributed by atoms with Gasteiger partial charge in [-0.25, -0.2) is 0 Å². The lowest BCUT2D eigenvalue weighted by Crippen LogP contribution is -2.33. The molecule has 1 unspecified atom stereocenters. The molecule has 4 rings (SSSR count). The van der Waals surface area contributed by atoms with Crippen molar-refractivity contribution in [1.29, 1.82) is 0 Å². The number of carbonyl (C=O) groups excluding carboxylic acids is 1. The summed E-state index contributed by atoms with van der Waals surface area (Å²) < 4.78 is 0. The molecule has 3 aromatic rings. The van der Waals surface area contributed by atoms with Crippen molar-refractivity contribution < 1.29 is 4.79 Å². The minimum absolute atomic E-state index is 0.101. The van der Waals surface area contributed by atoms with Crippen LogP contribution in [0.1, 0.15) is 16.8 Å². The highest BCUT2D eigenvalue weighted by molar-refractivity contribution is 6.05. The summed E-state index contributed by atoms with van der Waals surface area (Å²) >= 11 is 0. The molecule has 2 aromatic carbocycles. The number of aromatic nitrogens is 1. The number of hydrogen-bond donors (Lipinski definition) is 1. The van der Waals surface area contributed by atoms with E-state index in [0.29, 0.717) is 23.5 Å². The second-order valence-corrected chi connectivity index (χ2v) is 7.21. The van der Waals surface area contributed by atoms with Gasteiger partial charge in [-0.05, 0) is 30.5 Å². The average molecular weight is 361 g/mol. The first kappa shape index (κ1) is 17.3. The van der Waals surface area contributed by atoms with Crippen molar-refractivity contribution in [2.24, 2.45) is 5.92 Å². The normalized spacial score (nSPS) is 16.6. The maximum Gasteiger partial charge on any atom is 0.254 e. The Hall–Kier alpha value is -3.08. The van der Waals surface area contributed by atoms with Crippen LogP contribution in [-0.2, 0) is 0 Å². The van der Waals surface area contributed by atoms with E-state index in [1.807, 2.05) is 37.4 Å². The number of carbonyl (C=O) groups is 1. The number of hydrogen-bond acceptors (Lipinski definition) is 3. The van der Waals surface area contributed by atoms with Gasteiger partial charge in [0.15, 0.2) is 0 Å². The van der Waals surface area contributed by atoms with E-state index in [1.165, 1.54) is 11.8 Å². The van der Waals surface area contributed by atoms with Gasteiger partial charge in [-0.2, -0.15) is 0 Å². The molecule has 2 heterocycles.